The summed E-state index contributed by atoms with van der Waals surface area (Å²) in [6, 6.07) is 7.67. The number of nitrogens with two attached hydrogens (primary N) is 1. The van der Waals surface area contributed by atoms with Crippen LogP contribution in [0.25, 0.3) is 0 Å². The number of benzene rings is 1. The van der Waals surface area contributed by atoms with E-state index in [1.165, 1.54) is 11.1 Å². The van der Waals surface area contributed by atoms with Gasteiger partial charge in [-0.15, -0.1) is 0 Å². The first-order valence-electron chi connectivity index (χ1n) is 5.98. The summed E-state index contributed by atoms with van der Waals surface area (Å²) in [5.74, 6) is 0.171. The van der Waals surface area contributed by atoms with Crippen LogP contribution in [0, 0.1) is 12.8 Å². The Hall–Kier alpha value is -1.35. The fourth-order valence-corrected chi connectivity index (χ4v) is 1.66. The van der Waals surface area contributed by atoms with E-state index in [0.29, 0.717) is 6.54 Å². The zero-order valence-corrected chi connectivity index (χ0v) is 11.1. The highest BCUT2D eigenvalue weighted by Gasteiger charge is 2.21. The van der Waals surface area contributed by atoms with Crippen LogP contribution >= 0.6 is 0 Å². The zero-order chi connectivity index (χ0) is 13.0. The molecule has 0 aromatic heterocycles. The van der Waals surface area contributed by atoms with Crippen molar-refractivity contribution in [1.82, 2.24) is 4.90 Å². The van der Waals surface area contributed by atoms with E-state index in [4.69, 9.17) is 5.73 Å². The molecule has 3 heteroatoms. The molecule has 0 saturated carbocycles. The van der Waals surface area contributed by atoms with E-state index in [1.54, 1.807) is 11.9 Å². The minimum Gasteiger partial charge on any atom is -0.340 e. The van der Waals surface area contributed by atoms with E-state index < -0.39 is 6.04 Å². The first-order valence-corrected chi connectivity index (χ1v) is 5.98. The maximum Gasteiger partial charge on any atom is 0.239 e. The first kappa shape index (κ1) is 13.7. The van der Waals surface area contributed by atoms with E-state index in [1.807, 2.05) is 32.0 Å². The Balaban J connectivity index is 2.70. The molecule has 0 unspecified atom stereocenters. The molecule has 0 aliphatic rings. The predicted octanol–water partition coefficient (Wildman–Crippen LogP) is 1.94. The molecule has 1 aromatic carbocycles. The Morgan fingerprint density at radius 3 is 2.47 bits per heavy atom. The SMILES string of the molecule is Cc1ccccc1CN(C)C(=O)[C@@H](N)C(C)C. The zero-order valence-electron chi connectivity index (χ0n) is 11.1. The van der Waals surface area contributed by atoms with Crippen molar-refractivity contribution in [2.75, 3.05) is 7.05 Å². The van der Waals surface area contributed by atoms with Gasteiger partial charge >= 0.3 is 0 Å². The Kier molecular flexibility index (Phi) is 4.70. The molecule has 0 heterocycles. The number of carbonyl (C=O) groups is 1. The molecule has 0 fully saturated rings. The van der Waals surface area contributed by atoms with Crippen LogP contribution in [0.2, 0.25) is 0 Å². The van der Waals surface area contributed by atoms with Crippen molar-refractivity contribution < 1.29 is 4.79 Å². The molecule has 0 bridgehead atoms. The van der Waals surface area contributed by atoms with Crippen molar-refractivity contribution in [1.29, 1.82) is 0 Å². The highest BCUT2D eigenvalue weighted by Crippen LogP contribution is 2.11. The summed E-state index contributed by atoms with van der Waals surface area (Å²) in [4.78, 5) is 13.7. The molecule has 94 valence electrons. The number of hydrogen-bond acceptors (Lipinski definition) is 2. The third kappa shape index (κ3) is 3.56. The molecule has 1 aromatic rings. The highest BCUT2D eigenvalue weighted by atomic mass is 16.2. The quantitative estimate of drug-likeness (QED) is 0.865. The normalized spacial score (nSPS) is 12.6. The van der Waals surface area contributed by atoms with E-state index in [0.717, 1.165) is 0 Å². The van der Waals surface area contributed by atoms with Crippen molar-refractivity contribution >= 4 is 5.91 Å². The fourth-order valence-electron chi connectivity index (χ4n) is 1.66. The standard InChI is InChI=1S/C14H22N2O/c1-10(2)13(15)14(17)16(4)9-12-8-6-5-7-11(12)3/h5-8,10,13H,9,15H2,1-4H3/t13-/m0/s1. The number of rotatable bonds is 4. The molecule has 0 aliphatic carbocycles. The number of aryl methyl sites for hydroxylation is 1. The minimum absolute atomic E-state index is 0.00301. The summed E-state index contributed by atoms with van der Waals surface area (Å²) in [6.07, 6.45) is 0. The average Bonchev–Trinajstić information content (AvgIpc) is 2.30. The summed E-state index contributed by atoms with van der Waals surface area (Å²) < 4.78 is 0. The van der Waals surface area contributed by atoms with Crippen LogP contribution in [0.3, 0.4) is 0 Å². The van der Waals surface area contributed by atoms with Gasteiger partial charge in [-0.25, -0.2) is 0 Å². The predicted molar refractivity (Wildman–Crippen MR) is 70.5 cm³/mol. The summed E-state index contributed by atoms with van der Waals surface area (Å²) in [5.41, 5.74) is 8.23. The van der Waals surface area contributed by atoms with Gasteiger partial charge < -0.3 is 10.6 Å². The monoisotopic (exact) mass is 234 g/mol. The van der Waals surface area contributed by atoms with Gasteiger partial charge in [-0.3, -0.25) is 4.79 Å². The minimum atomic E-state index is -0.413. The molecule has 1 amide bonds. The van der Waals surface area contributed by atoms with Crippen LogP contribution < -0.4 is 5.73 Å². The average molecular weight is 234 g/mol. The van der Waals surface area contributed by atoms with Crippen LogP contribution in [0.1, 0.15) is 25.0 Å². The largest absolute Gasteiger partial charge is 0.340 e. The van der Waals surface area contributed by atoms with Gasteiger partial charge in [-0.05, 0) is 24.0 Å². The van der Waals surface area contributed by atoms with Crippen LogP contribution in [0.4, 0.5) is 0 Å². The lowest BCUT2D eigenvalue weighted by Crippen LogP contribution is -2.44. The fraction of sp³-hybridized carbons (Fsp3) is 0.500. The number of carbonyl (C=O) groups excluding carboxylic acids is 1. The Labute approximate surface area is 104 Å². The molecular weight excluding hydrogens is 212 g/mol. The van der Waals surface area contributed by atoms with Crippen molar-refractivity contribution in [3.8, 4) is 0 Å². The summed E-state index contributed by atoms with van der Waals surface area (Å²) >= 11 is 0. The van der Waals surface area contributed by atoms with Gasteiger partial charge in [0.2, 0.25) is 5.91 Å². The van der Waals surface area contributed by atoms with Gasteiger partial charge in [0.25, 0.3) is 0 Å². The molecule has 3 nitrogen and oxygen atoms in total. The molecule has 0 saturated heterocycles. The Bertz CT molecular complexity index is 388. The van der Waals surface area contributed by atoms with E-state index in [2.05, 4.69) is 13.0 Å². The molecule has 17 heavy (non-hydrogen) atoms. The second-order valence-electron chi connectivity index (χ2n) is 4.89. The van der Waals surface area contributed by atoms with Crippen LogP contribution in [-0.2, 0) is 11.3 Å². The van der Waals surface area contributed by atoms with Crippen LogP contribution in [0.15, 0.2) is 24.3 Å². The van der Waals surface area contributed by atoms with Crippen molar-refractivity contribution in [2.24, 2.45) is 11.7 Å². The molecular formula is C14H22N2O. The lowest BCUT2D eigenvalue weighted by molar-refractivity contribution is -0.132. The summed E-state index contributed by atoms with van der Waals surface area (Å²) in [6.45, 7) is 6.59. The number of amides is 1. The van der Waals surface area contributed by atoms with Crippen molar-refractivity contribution in [3.63, 3.8) is 0 Å². The van der Waals surface area contributed by atoms with Crippen molar-refractivity contribution in [2.45, 2.75) is 33.4 Å². The smallest absolute Gasteiger partial charge is 0.239 e. The van der Waals surface area contributed by atoms with Crippen LogP contribution in [0.5, 0.6) is 0 Å². The summed E-state index contributed by atoms with van der Waals surface area (Å²) in [7, 11) is 1.80. The highest BCUT2D eigenvalue weighted by molar-refractivity contribution is 5.81. The van der Waals surface area contributed by atoms with Gasteiger partial charge in [-0.2, -0.15) is 0 Å². The second-order valence-corrected chi connectivity index (χ2v) is 4.89. The number of nitrogens with zero attached hydrogens (tertiary/aromatic N) is 1. The van der Waals surface area contributed by atoms with Gasteiger partial charge in [0, 0.05) is 13.6 Å². The molecule has 0 radical (unpaired) electrons. The maximum atomic E-state index is 12.0. The maximum absolute atomic E-state index is 12.0. The third-order valence-corrected chi connectivity index (χ3v) is 3.05. The molecule has 0 spiro atoms. The molecule has 1 rings (SSSR count). The lowest BCUT2D eigenvalue weighted by atomic mass is 10.0. The van der Waals surface area contributed by atoms with Crippen LogP contribution in [-0.4, -0.2) is 23.9 Å². The van der Waals surface area contributed by atoms with Gasteiger partial charge in [0.1, 0.15) is 0 Å². The van der Waals surface area contributed by atoms with Gasteiger partial charge in [0.05, 0.1) is 6.04 Å². The van der Waals surface area contributed by atoms with E-state index >= 15 is 0 Å². The Morgan fingerprint density at radius 1 is 1.35 bits per heavy atom. The third-order valence-electron chi connectivity index (χ3n) is 3.05. The number of likely N-dealkylation sites (N-methyl/N-ethyl adjacent to an activating group) is 1. The number of hydrogen-bond donors (Lipinski definition) is 1. The topological polar surface area (TPSA) is 46.3 Å². The second kappa shape index (κ2) is 5.82. The Morgan fingerprint density at radius 2 is 1.94 bits per heavy atom. The lowest BCUT2D eigenvalue weighted by Gasteiger charge is -2.24. The summed E-state index contributed by atoms with van der Waals surface area (Å²) in [5, 5.41) is 0. The first-order chi connectivity index (χ1) is 7.93. The van der Waals surface area contributed by atoms with Gasteiger partial charge in [-0.1, -0.05) is 38.1 Å². The van der Waals surface area contributed by atoms with Crippen molar-refractivity contribution in [3.05, 3.63) is 35.4 Å². The van der Waals surface area contributed by atoms with Gasteiger partial charge in [0.15, 0.2) is 0 Å². The molecule has 0 aliphatic heterocycles. The van der Waals surface area contributed by atoms with E-state index in [-0.39, 0.29) is 11.8 Å². The molecule has 1 atom stereocenters. The molecule has 2 N–H and O–H groups in total. The van der Waals surface area contributed by atoms with E-state index in [9.17, 15) is 4.79 Å².